The molecule has 0 N–H and O–H groups in total. The Morgan fingerprint density at radius 1 is 0.284 bits per heavy atom. The van der Waals surface area contributed by atoms with E-state index in [0.717, 1.165) is 69.6 Å². The lowest BCUT2D eigenvalue weighted by Gasteiger charge is -2.18. The van der Waals surface area contributed by atoms with Crippen LogP contribution in [0.4, 0.5) is 0 Å². The molecule has 0 aliphatic heterocycles. The number of hydrogen-bond donors (Lipinski definition) is 0. The van der Waals surface area contributed by atoms with Crippen LogP contribution in [0.3, 0.4) is 0 Å². The lowest BCUT2D eigenvalue weighted by molar-refractivity contribution is -0.167. The van der Waals surface area contributed by atoms with Gasteiger partial charge in [0.1, 0.15) is 13.2 Å². The molecule has 0 aliphatic rings. The summed E-state index contributed by atoms with van der Waals surface area (Å²) in [5.41, 5.74) is 0. The van der Waals surface area contributed by atoms with Gasteiger partial charge in [-0.2, -0.15) is 0 Å². The number of carbonyl (C=O) groups excluding carboxylic acids is 3. The molecule has 440 valence electrons. The van der Waals surface area contributed by atoms with Crippen LogP contribution in [-0.2, 0) is 28.6 Å². The zero-order valence-electron chi connectivity index (χ0n) is 51.0. The number of rotatable bonds is 62. The smallest absolute Gasteiger partial charge is 0.306 e. The lowest BCUT2D eigenvalue weighted by Crippen LogP contribution is -2.30. The van der Waals surface area contributed by atoms with E-state index in [-0.39, 0.29) is 31.1 Å². The number of carbonyl (C=O) groups is 3. The van der Waals surface area contributed by atoms with Gasteiger partial charge in [0.2, 0.25) is 0 Å². The molecule has 0 aromatic carbocycles. The van der Waals surface area contributed by atoms with Crippen molar-refractivity contribution in [2.75, 3.05) is 13.2 Å². The molecule has 0 radical (unpaired) electrons. The van der Waals surface area contributed by atoms with Gasteiger partial charge < -0.3 is 14.2 Å². The van der Waals surface area contributed by atoms with Crippen LogP contribution in [-0.4, -0.2) is 37.2 Å². The van der Waals surface area contributed by atoms with E-state index in [4.69, 9.17) is 14.2 Å². The fraction of sp³-hybridized carbons (Fsp3) is 0.956. The van der Waals surface area contributed by atoms with Crippen molar-refractivity contribution in [1.29, 1.82) is 0 Å². The van der Waals surface area contributed by atoms with Crippen molar-refractivity contribution in [3.63, 3.8) is 0 Å². The van der Waals surface area contributed by atoms with Crippen molar-refractivity contribution in [3.05, 3.63) is 0 Å². The Bertz CT molecular complexity index is 1140. The van der Waals surface area contributed by atoms with Crippen molar-refractivity contribution < 1.29 is 28.6 Å². The van der Waals surface area contributed by atoms with Crippen molar-refractivity contribution >= 4 is 17.9 Å². The van der Waals surface area contributed by atoms with Gasteiger partial charge in [0.25, 0.3) is 0 Å². The first kappa shape index (κ1) is 72.4. The highest BCUT2D eigenvalue weighted by Gasteiger charge is 2.20. The molecule has 6 nitrogen and oxygen atoms in total. The highest BCUT2D eigenvalue weighted by Crippen LogP contribution is 2.20. The van der Waals surface area contributed by atoms with Crippen LogP contribution in [0.5, 0.6) is 0 Å². The molecule has 0 fully saturated rings. The van der Waals surface area contributed by atoms with E-state index in [0.29, 0.717) is 19.3 Å². The monoisotopic (exact) mass is 1050 g/mol. The van der Waals surface area contributed by atoms with Crippen molar-refractivity contribution in [1.82, 2.24) is 0 Å². The average molecular weight is 1050 g/mol. The molecule has 0 bridgehead atoms. The van der Waals surface area contributed by atoms with Crippen molar-refractivity contribution in [2.24, 2.45) is 11.8 Å². The van der Waals surface area contributed by atoms with E-state index in [1.165, 1.54) is 276 Å². The number of esters is 3. The zero-order chi connectivity index (χ0) is 53.9. The average Bonchev–Trinajstić information content (AvgIpc) is 3.39. The van der Waals surface area contributed by atoms with Crippen LogP contribution >= 0.6 is 0 Å². The molecule has 0 amide bonds. The zero-order valence-corrected chi connectivity index (χ0v) is 51.0. The Hall–Kier alpha value is -1.59. The van der Waals surface area contributed by atoms with Crippen LogP contribution in [0, 0.1) is 11.8 Å². The Kier molecular flexibility index (Phi) is 59.3. The lowest BCUT2D eigenvalue weighted by atomic mass is 9.99. The molecule has 74 heavy (non-hydrogen) atoms. The maximum absolute atomic E-state index is 12.9. The van der Waals surface area contributed by atoms with Gasteiger partial charge in [-0.3, -0.25) is 14.4 Å². The molecule has 6 heteroatoms. The number of hydrogen-bond acceptors (Lipinski definition) is 6. The predicted molar refractivity (Wildman–Crippen MR) is 321 cm³/mol. The summed E-state index contributed by atoms with van der Waals surface area (Å²) < 4.78 is 17.0. The van der Waals surface area contributed by atoms with Gasteiger partial charge >= 0.3 is 17.9 Å². The molecule has 0 saturated heterocycles. The van der Waals surface area contributed by atoms with E-state index in [1.807, 2.05) is 0 Å². The molecule has 0 aliphatic carbocycles. The van der Waals surface area contributed by atoms with Crippen molar-refractivity contribution in [2.45, 2.75) is 394 Å². The molecule has 1 unspecified atom stereocenters. The van der Waals surface area contributed by atoms with Gasteiger partial charge in [0.05, 0.1) is 0 Å². The summed E-state index contributed by atoms with van der Waals surface area (Å²) in [6.07, 6.45) is 68.2. The highest BCUT2D eigenvalue weighted by atomic mass is 16.6. The van der Waals surface area contributed by atoms with Crippen LogP contribution in [0.15, 0.2) is 0 Å². The summed E-state index contributed by atoms with van der Waals surface area (Å²) in [5.74, 6) is 0.928. The summed E-state index contributed by atoms with van der Waals surface area (Å²) in [7, 11) is 0. The van der Waals surface area contributed by atoms with E-state index < -0.39 is 6.10 Å². The number of unbranched alkanes of at least 4 members (excludes halogenated alkanes) is 46. The second kappa shape index (κ2) is 60.6. The third-order valence-electron chi connectivity index (χ3n) is 16.1. The second-order valence-corrected chi connectivity index (χ2v) is 24.2. The van der Waals surface area contributed by atoms with Crippen LogP contribution in [0.1, 0.15) is 388 Å². The number of ether oxygens (including phenoxy) is 3. The molecule has 0 rings (SSSR count). The molecular formula is C68H132O6. The highest BCUT2D eigenvalue weighted by molar-refractivity contribution is 5.71. The molecule has 2 atom stereocenters. The molecule has 0 saturated carbocycles. The Morgan fingerprint density at radius 3 is 0.770 bits per heavy atom. The van der Waals surface area contributed by atoms with Crippen LogP contribution < -0.4 is 0 Å². The van der Waals surface area contributed by atoms with E-state index >= 15 is 0 Å². The van der Waals surface area contributed by atoms with Gasteiger partial charge in [0, 0.05) is 19.3 Å². The predicted octanol–water partition coefficient (Wildman–Crippen LogP) is 22.8. The summed E-state index contributed by atoms with van der Waals surface area (Å²) in [6, 6.07) is 0. The first-order valence-corrected chi connectivity index (χ1v) is 33.8. The van der Waals surface area contributed by atoms with Gasteiger partial charge in [-0.1, -0.05) is 349 Å². The molecule has 0 aromatic heterocycles. The minimum atomic E-state index is -0.764. The molecule has 0 spiro atoms. The Balaban J connectivity index is 4.26. The third kappa shape index (κ3) is 59.7. The summed E-state index contributed by atoms with van der Waals surface area (Å²) in [6.45, 7) is 11.5. The van der Waals surface area contributed by atoms with Gasteiger partial charge in [-0.15, -0.1) is 0 Å². The minimum Gasteiger partial charge on any atom is -0.462 e. The fourth-order valence-corrected chi connectivity index (χ4v) is 10.6. The maximum Gasteiger partial charge on any atom is 0.306 e. The fourth-order valence-electron chi connectivity index (χ4n) is 10.6. The third-order valence-corrected chi connectivity index (χ3v) is 16.1. The largest absolute Gasteiger partial charge is 0.462 e. The van der Waals surface area contributed by atoms with Gasteiger partial charge in [0.15, 0.2) is 6.10 Å². The summed E-state index contributed by atoms with van der Waals surface area (Å²) in [5, 5.41) is 0. The van der Waals surface area contributed by atoms with E-state index in [9.17, 15) is 14.4 Å². The normalized spacial score (nSPS) is 12.4. The Morgan fingerprint density at radius 2 is 0.514 bits per heavy atom. The standard InChI is InChI=1S/C68H132O6/c1-6-8-9-10-11-12-13-14-15-18-23-30-35-40-45-50-55-60-68(71)74-65(62-73-67(70)59-54-49-44-39-34-29-25-24-26-31-36-41-46-51-56-63(3)4)61-72-66(69)58-53-48-43-38-33-28-22-20-17-16-19-21-27-32-37-42-47-52-57-64(5)7-2/h63-65H,6-62H2,1-5H3/t64?,65-/m0/s1. The molecular weight excluding hydrogens is 913 g/mol. The van der Waals surface area contributed by atoms with Gasteiger partial charge in [-0.05, 0) is 31.1 Å². The molecule has 0 heterocycles. The van der Waals surface area contributed by atoms with Crippen molar-refractivity contribution in [3.8, 4) is 0 Å². The van der Waals surface area contributed by atoms with E-state index in [2.05, 4.69) is 34.6 Å². The van der Waals surface area contributed by atoms with Crippen LogP contribution in [0.25, 0.3) is 0 Å². The first-order valence-electron chi connectivity index (χ1n) is 33.8. The minimum absolute atomic E-state index is 0.0614. The summed E-state index contributed by atoms with van der Waals surface area (Å²) in [4.78, 5) is 38.4. The Labute approximate surface area is 463 Å². The molecule has 0 aromatic rings. The quantitative estimate of drug-likeness (QED) is 0.0343. The van der Waals surface area contributed by atoms with Crippen LogP contribution in [0.2, 0.25) is 0 Å². The second-order valence-electron chi connectivity index (χ2n) is 24.2. The van der Waals surface area contributed by atoms with E-state index in [1.54, 1.807) is 0 Å². The van der Waals surface area contributed by atoms with Gasteiger partial charge in [-0.25, -0.2) is 0 Å². The maximum atomic E-state index is 12.9. The SMILES string of the molecule is CCCCCCCCCCCCCCCCCCCC(=O)O[C@@H](COC(=O)CCCCCCCCCCCCCCCCCCCCC(C)CC)COC(=O)CCCCCCCCCCCCCCCCC(C)C. The first-order chi connectivity index (χ1) is 36.3. The summed E-state index contributed by atoms with van der Waals surface area (Å²) >= 11 is 0. The topological polar surface area (TPSA) is 78.9 Å².